The Morgan fingerprint density at radius 1 is 0.864 bits per heavy atom. The Labute approximate surface area is 135 Å². The fraction of sp³-hybridized carbons (Fsp3) is 0.889. The lowest BCUT2D eigenvalue weighted by atomic mass is 9.99. The molecule has 0 aromatic carbocycles. The van der Waals surface area contributed by atoms with Crippen molar-refractivity contribution in [1.29, 1.82) is 0 Å². The summed E-state index contributed by atoms with van der Waals surface area (Å²) in [4.78, 5) is 24.2. The van der Waals surface area contributed by atoms with Gasteiger partial charge in [0.1, 0.15) is 0 Å². The number of hydrogen-bond acceptors (Lipinski definition) is 2. The van der Waals surface area contributed by atoms with Crippen LogP contribution in [-0.2, 0) is 9.59 Å². The second-order valence-corrected chi connectivity index (χ2v) is 6.62. The summed E-state index contributed by atoms with van der Waals surface area (Å²) in [6, 6.07) is 0.310. The molecule has 2 N–H and O–H groups in total. The third-order valence-electron chi connectivity index (χ3n) is 4.41. The first kappa shape index (κ1) is 19.0. The van der Waals surface area contributed by atoms with E-state index in [2.05, 4.69) is 24.5 Å². The largest absolute Gasteiger partial charge is 0.353 e. The van der Waals surface area contributed by atoms with E-state index >= 15 is 0 Å². The number of carbonyl (C=O) groups is 2. The smallest absolute Gasteiger partial charge is 0.222 e. The molecule has 128 valence electrons. The van der Waals surface area contributed by atoms with Crippen molar-refractivity contribution < 1.29 is 9.59 Å². The van der Waals surface area contributed by atoms with E-state index in [1.165, 1.54) is 19.3 Å². The molecule has 4 nitrogen and oxygen atoms in total. The third-order valence-corrected chi connectivity index (χ3v) is 4.41. The monoisotopic (exact) mass is 310 g/mol. The Morgan fingerprint density at radius 3 is 2.36 bits per heavy atom. The van der Waals surface area contributed by atoms with Gasteiger partial charge in [-0.05, 0) is 25.7 Å². The van der Waals surface area contributed by atoms with Gasteiger partial charge in [-0.15, -0.1) is 0 Å². The van der Waals surface area contributed by atoms with Crippen LogP contribution in [0.5, 0.6) is 0 Å². The summed E-state index contributed by atoms with van der Waals surface area (Å²) >= 11 is 0. The lowest BCUT2D eigenvalue weighted by molar-refractivity contribution is -0.124. The van der Waals surface area contributed by atoms with E-state index < -0.39 is 0 Å². The van der Waals surface area contributed by atoms with Crippen LogP contribution >= 0.6 is 0 Å². The maximum Gasteiger partial charge on any atom is 0.222 e. The van der Waals surface area contributed by atoms with E-state index in [9.17, 15) is 9.59 Å². The average molecular weight is 310 g/mol. The molecule has 0 saturated carbocycles. The van der Waals surface area contributed by atoms with Crippen molar-refractivity contribution in [3.8, 4) is 0 Å². The van der Waals surface area contributed by atoms with Crippen molar-refractivity contribution in [3.63, 3.8) is 0 Å². The molecule has 1 fully saturated rings. The Bertz CT molecular complexity index is 331. The van der Waals surface area contributed by atoms with Gasteiger partial charge in [0, 0.05) is 24.9 Å². The summed E-state index contributed by atoms with van der Waals surface area (Å²) in [7, 11) is 0. The van der Waals surface area contributed by atoms with Gasteiger partial charge in [-0.3, -0.25) is 9.59 Å². The first-order valence-electron chi connectivity index (χ1n) is 9.24. The molecule has 2 unspecified atom stereocenters. The fourth-order valence-electron chi connectivity index (χ4n) is 3.17. The normalized spacial score (nSPS) is 24.8. The maximum absolute atomic E-state index is 12.3. The molecule has 0 aliphatic carbocycles. The summed E-state index contributed by atoms with van der Waals surface area (Å²) in [6.45, 7) is 4.30. The Hall–Kier alpha value is -1.06. The predicted octanol–water partition coefficient (Wildman–Crippen LogP) is 3.69. The highest BCUT2D eigenvalue weighted by Gasteiger charge is 2.19. The van der Waals surface area contributed by atoms with Crippen molar-refractivity contribution in [2.24, 2.45) is 0 Å². The summed E-state index contributed by atoms with van der Waals surface area (Å²) in [5, 5.41) is 6.24. The molecule has 1 saturated heterocycles. The molecule has 4 heteroatoms. The first-order chi connectivity index (χ1) is 10.7. The van der Waals surface area contributed by atoms with Gasteiger partial charge < -0.3 is 10.6 Å². The summed E-state index contributed by atoms with van der Waals surface area (Å²) in [5.41, 5.74) is 0. The van der Waals surface area contributed by atoms with Gasteiger partial charge in [-0.2, -0.15) is 0 Å². The molecule has 1 heterocycles. The number of nitrogens with one attached hydrogen (secondary N) is 2. The Kier molecular flexibility index (Phi) is 9.93. The van der Waals surface area contributed by atoms with Gasteiger partial charge in [0.2, 0.25) is 11.8 Å². The van der Waals surface area contributed by atoms with Crippen LogP contribution < -0.4 is 10.6 Å². The molecule has 0 aromatic heterocycles. The van der Waals surface area contributed by atoms with Crippen molar-refractivity contribution in [2.75, 3.05) is 0 Å². The molecule has 2 amide bonds. The first-order valence-corrected chi connectivity index (χ1v) is 9.24. The molecule has 1 aliphatic rings. The average Bonchev–Trinajstić information content (AvgIpc) is 2.45. The molecule has 1 aliphatic heterocycles. The highest BCUT2D eigenvalue weighted by molar-refractivity contribution is 5.79. The number of hydrogen-bond donors (Lipinski definition) is 2. The number of amides is 2. The lowest BCUT2D eigenvalue weighted by Crippen LogP contribution is -2.42. The van der Waals surface area contributed by atoms with Crippen molar-refractivity contribution in [2.45, 2.75) is 103 Å². The second-order valence-electron chi connectivity index (χ2n) is 6.62. The molecule has 22 heavy (non-hydrogen) atoms. The van der Waals surface area contributed by atoms with Gasteiger partial charge >= 0.3 is 0 Å². The molecule has 0 bridgehead atoms. The zero-order valence-corrected chi connectivity index (χ0v) is 14.5. The predicted molar refractivity (Wildman–Crippen MR) is 90.6 cm³/mol. The maximum atomic E-state index is 12.3. The van der Waals surface area contributed by atoms with Crippen LogP contribution in [0.15, 0.2) is 0 Å². The minimum absolute atomic E-state index is 0.00628. The number of unbranched alkanes of at least 4 members (excludes halogenated alkanes) is 2. The summed E-state index contributed by atoms with van der Waals surface area (Å²) in [5.74, 6) is 0.201. The molecular weight excluding hydrogens is 276 g/mol. The highest BCUT2D eigenvalue weighted by Crippen LogP contribution is 2.14. The van der Waals surface area contributed by atoms with Gasteiger partial charge in [0.05, 0.1) is 0 Å². The Balaban J connectivity index is 2.57. The van der Waals surface area contributed by atoms with Gasteiger partial charge in [-0.1, -0.05) is 52.4 Å². The topological polar surface area (TPSA) is 58.2 Å². The highest BCUT2D eigenvalue weighted by atomic mass is 16.2. The lowest BCUT2D eigenvalue weighted by Gasteiger charge is -2.23. The van der Waals surface area contributed by atoms with E-state index in [1.807, 2.05) is 0 Å². The molecular formula is C18H34N2O2. The number of carbonyl (C=O) groups excluding carboxylic acids is 2. The zero-order valence-electron chi connectivity index (χ0n) is 14.5. The van der Waals surface area contributed by atoms with Crippen LogP contribution in [-0.4, -0.2) is 23.9 Å². The molecule has 0 aromatic rings. The van der Waals surface area contributed by atoms with Crippen LogP contribution in [0, 0.1) is 0 Å². The van der Waals surface area contributed by atoms with Crippen molar-refractivity contribution in [3.05, 3.63) is 0 Å². The van der Waals surface area contributed by atoms with Gasteiger partial charge in [-0.25, -0.2) is 0 Å². The van der Waals surface area contributed by atoms with Crippen LogP contribution in [0.2, 0.25) is 0 Å². The van der Waals surface area contributed by atoms with E-state index in [-0.39, 0.29) is 17.9 Å². The SMILES string of the molecule is CCCCCC1CCCCCC(=O)NC(CCC)CC(=O)N1. The van der Waals surface area contributed by atoms with Gasteiger partial charge in [0.25, 0.3) is 0 Å². The zero-order chi connectivity index (χ0) is 16.2. The second kappa shape index (κ2) is 11.5. The van der Waals surface area contributed by atoms with E-state index in [1.54, 1.807) is 0 Å². The van der Waals surface area contributed by atoms with Crippen LogP contribution in [0.1, 0.15) is 90.9 Å². The van der Waals surface area contributed by atoms with E-state index in [0.717, 1.165) is 44.9 Å². The quantitative estimate of drug-likeness (QED) is 0.735. The molecule has 2 atom stereocenters. The third kappa shape index (κ3) is 8.40. The van der Waals surface area contributed by atoms with E-state index in [0.29, 0.717) is 18.9 Å². The molecule has 0 spiro atoms. The van der Waals surface area contributed by atoms with Crippen molar-refractivity contribution in [1.82, 2.24) is 10.6 Å². The summed E-state index contributed by atoms with van der Waals surface area (Å²) < 4.78 is 0. The van der Waals surface area contributed by atoms with E-state index in [4.69, 9.17) is 0 Å². The van der Waals surface area contributed by atoms with Crippen LogP contribution in [0.4, 0.5) is 0 Å². The Morgan fingerprint density at radius 2 is 1.64 bits per heavy atom. The van der Waals surface area contributed by atoms with Gasteiger partial charge in [0.15, 0.2) is 0 Å². The number of rotatable bonds is 6. The van der Waals surface area contributed by atoms with Crippen LogP contribution in [0.3, 0.4) is 0 Å². The fourth-order valence-corrected chi connectivity index (χ4v) is 3.17. The van der Waals surface area contributed by atoms with Crippen LogP contribution in [0.25, 0.3) is 0 Å². The minimum atomic E-state index is -0.00628. The summed E-state index contributed by atoms with van der Waals surface area (Å²) in [6.07, 6.45) is 11.8. The van der Waals surface area contributed by atoms with Crippen molar-refractivity contribution >= 4 is 11.8 Å². The molecule has 0 radical (unpaired) electrons. The minimum Gasteiger partial charge on any atom is -0.353 e. The molecule has 1 rings (SSSR count). The standard InChI is InChI=1S/C18H34N2O2/c1-3-5-7-11-15-12-8-6-9-13-17(21)20-16(10-4-2)14-18(22)19-15/h15-16H,3-14H2,1-2H3,(H,19,22)(H,20,21).